The zero-order valence-corrected chi connectivity index (χ0v) is 9.41. The van der Waals surface area contributed by atoms with E-state index in [-0.39, 0.29) is 5.82 Å². The molecule has 0 amide bonds. The van der Waals surface area contributed by atoms with Crippen LogP contribution in [0.15, 0.2) is 30.5 Å². The Hall–Kier alpha value is -1.68. The third-order valence-electron chi connectivity index (χ3n) is 3.11. The summed E-state index contributed by atoms with van der Waals surface area (Å²) in [6.45, 7) is 1.95. The average Bonchev–Trinajstić information content (AvgIpc) is 2.81. The number of hydrogen-bond donors (Lipinski definition) is 2. The van der Waals surface area contributed by atoms with Gasteiger partial charge in [0.05, 0.1) is 5.52 Å². The molecule has 0 saturated carbocycles. The SMILES string of the molecule is Fc1cc(N[C@H]2CCNC2)c2cccnc2c1. The molecule has 1 aromatic carbocycles. The number of benzene rings is 1. The van der Waals surface area contributed by atoms with Crippen molar-refractivity contribution >= 4 is 16.6 Å². The Balaban J connectivity index is 2.01. The summed E-state index contributed by atoms with van der Waals surface area (Å²) in [5.41, 5.74) is 1.53. The van der Waals surface area contributed by atoms with Crippen molar-refractivity contribution in [2.45, 2.75) is 12.5 Å². The van der Waals surface area contributed by atoms with Crippen molar-refractivity contribution in [2.75, 3.05) is 18.4 Å². The third-order valence-corrected chi connectivity index (χ3v) is 3.11. The Morgan fingerprint density at radius 1 is 1.41 bits per heavy atom. The fourth-order valence-electron chi connectivity index (χ4n) is 2.27. The van der Waals surface area contributed by atoms with Crippen molar-refractivity contribution in [3.8, 4) is 0 Å². The highest BCUT2D eigenvalue weighted by atomic mass is 19.1. The second-order valence-corrected chi connectivity index (χ2v) is 4.36. The molecule has 0 aliphatic carbocycles. The second kappa shape index (κ2) is 4.30. The van der Waals surface area contributed by atoms with Gasteiger partial charge >= 0.3 is 0 Å². The molecule has 0 radical (unpaired) electrons. The van der Waals surface area contributed by atoms with Crippen LogP contribution in [0.3, 0.4) is 0 Å². The minimum absolute atomic E-state index is 0.246. The Kier molecular flexibility index (Phi) is 2.65. The molecule has 0 spiro atoms. The molecule has 0 bridgehead atoms. The molecule has 1 aliphatic rings. The van der Waals surface area contributed by atoms with Crippen molar-refractivity contribution in [3.63, 3.8) is 0 Å². The number of rotatable bonds is 2. The first kappa shape index (κ1) is 10.5. The number of hydrogen-bond acceptors (Lipinski definition) is 3. The van der Waals surface area contributed by atoms with E-state index in [0.29, 0.717) is 11.6 Å². The summed E-state index contributed by atoms with van der Waals surface area (Å²) in [7, 11) is 0. The fourth-order valence-corrected chi connectivity index (χ4v) is 2.27. The van der Waals surface area contributed by atoms with Crippen LogP contribution in [0.5, 0.6) is 0 Å². The summed E-state index contributed by atoms with van der Waals surface area (Å²) in [5.74, 6) is -0.246. The number of halogens is 1. The van der Waals surface area contributed by atoms with Crippen molar-refractivity contribution in [1.82, 2.24) is 10.3 Å². The van der Waals surface area contributed by atoms with Crippen LogP contribution in [0, 0.1) is 5.82 Å². The van der Waals surface area contributed by atoms with Crippen molar-refractivity contribution in [2.24, 2.45) is 0 Å². The third kappa shape index (κ3) is 2.08. The molecule has 2 heterocycles. The molecule has 17 heavy (non-hydrogen) atoms. The zero-order chi connectivity index (χ0) is 11.7. The predicted molar refractivity (Wildman–Crippen MR) is 66.6 cm³/mol. The number of aromatic nitrogens is 1. The largest absolute Gasteiger partial charge is 0.380 e. The van der Waals surface area contributed by atoms with Crippen LogP contribution in [0.1, 0.15) is 6.42 Å². The molecule has 0 unspecified atom stereocenters. The van der Waals surface area contributed by atoms with E-state index < -0.39 is 0 Å². The van der Waals surface area contributed by atoms with Gasteiger partial charge in [0.1, 0.15) is 5.82 Å². The van der Waals surface area contributed by atoms with Gasteiger partial charge in [-0.25, -0.2) is 4.39 Å². The van der Waals surface area contributed by atoms with Gasteiger partial charge in [0.15, 0.2) is 0 Å². The maximum Gasteiger partial charge on any atom is 0.127 e. The minimum Gasteiger partial charge on any atom is -0.380 e. The van der Waals surface area contributed by atoms with Gasteiger partial charge in [-0.3, -0.25) is 4.98 Å². The van der Waals surface area contributed by atoms with Gasteiger partial charge in [0.25, 0.3) is 0 Å². The molecular weight excluding hydrogens is 217 g/mol. The smallest absolute Gasteiger partial charge is 0.127 e. The normalized spacial score (nSPS) is 19.7. The molecule has 1 atom stereocenters. The van der Waals surface area contributed by atoms with Crippen LogP contribution in [0.2, 0.25) is 0 Å². The molecule has 3 rings (SSSR count). The summed E-state index contributed by atoms with van der Waals surface area (Å²) < 4.78 is 13.5. The first-order valence-electron chi connectivity index (χ1n) is 5.84. The summed E-state index contributed by atoms with van der Waals surface area (Å²) >= 11 is 0. The molecule has 1 aromatic heterocycles. The minimum atomic E-state index is -0.246. The highest BCUT2D eigenvalue weighted by Crippen LogP contribution is 2.24. The van der Waals surface area contributed by atoms with E-state index in [1.165, 1.54) is 6.07 Å². The van der Waals surface area contributed by atoms with E-state index in [0.717, 1.165) is 30.6 Å². The maximum absolute atomic E-state index is 13.5. The Morgan fingerprint density at radius 3 is 3.18 bits per heavy atom. The van der Waals surface area contributed by atoms with Crippen LogP contribution < -0.4 is 10.6 Å². The lowest BCUT2D eigenvalue weighted by molar-refractivity contribution is 0.629. The fraction of sp³-hybridized carbons (Fsp3) is 0.308. The Bertz CT molecular complexity index is 535. The lowest BCUT2D eigenvalue weighted by Gasteiger charge is -2.15. The van der Waals surface area contributed by atoms with Gasteiger partial charge in [-0.15, -0.1) is 0 Å². The highest BCUT2D eigenvalue weighted by Gasteiger charge is 2.15. The number of anilines is 1. The highest BCUT2D eigenvalue weighted by molar-refractivity contribution is 5.91. The maximum atomic E-state index is 13.5. The molecule has 88 valence electrons. The lowest BCUT2D eigenvalue weighted by atomic mass is 10.1. The van der Waals surface area contributed by atoms with Crippen LogP contribution in [-0.2, 0) is 0 Å². The van der Waals surface area contributed by atoms with Gasteiger partial charge < -0.3 is 10.6 Å². The van der Waals surface area contributed by atoms with Gasteiger partial charge in [-0.1, -0.05) is 0 Å². The van der Waals surface area contributed by atoms with Gasteiger partial charge in [0, 0.05) is 35.9 Å². The second-order valence-electron chi connectivity index (χ2n) is 4.36. The summed E-state index contributed by atoms with van der Waals surface area (Å²) in [6.07, 6.45) is 2.75. The predicted octanol–water partition coefficient (Wildman–Crippen LogP) is 2.15. The summed E-state index contributed by atoms with van der Waals surface area (Å²) in [5, 5.41) is 7.64. The van der Waals surface area contributed by atoms with Gasteiger partial charge in [0.2, 0.25) is 0 Å². The van der Waals surface area contributed by atoms with E-state index in [9.17, 15) is 4.39 Å². The number of nitrogens with one attached hydrogen (secondary N) is 2. The van der Waals surface area contributed by atoms with Gasteiger partial charge in [-0.2, -0.15) is 0 Å². The molecule has 2 aromatic rings. The molecule has 1 fully saturated rings. The molecular formula is C13H14FN3. The summed E-state index contributed by atoms with van der Waals surface area (Å²) in [6, 6.07) is 7.22. The molecule has 3 nitrogen and oxygen atoms in total. The van der Waals surface area contributed by atoms with E-state index in [4.69, 9.17) is 0 Å². The molecule has 1 saturated heterocycles. The van der Waals surface area contributed by atoms with Crippen LogP contribution in [0.25, 0.3) is 10.9 Å². The van der Waals surface area contributed by atoms with E-state index in [1.54, 1.807) is 12.3 Å². The van der Waals surface area contributed by atoms with E-state index in [1.807, 2.05) is 12.1 Å². The Morgan fingerprint density at radius 2 is 2.35 bits per heavy atom. The first-order chi connectivity index (χ1) is 8.33. The van der Waals surface area contributed by atoms with Crippen molar-refractivity contribution in [1.29, 1.82) is 0 Å². The summed E-state index contributed by atoms with van der Waals surface area (Å²) in [4.78, 5) is 4.18. The molecule has 1 aliphatic heterocycles. The standard InChI is InChI=1S/C13H14FN3/c14-9-6-12-11(2-1-4-16-12)13(7-9)17-10-3-5-15-8-10/h1-2,4,6-7,10,15,17H,3,5,8H2/t10-/m0/s1. The topological polar surface area (TPSA) is 37.0 Å². The van der Waals surface area contributed by atoms with E-state index >= 15 is 0 Å². The number of fused-ring (bicyclic) bond motifs is 1. The van der Waals surface area contributed by atoms with Crippen LogP contribution >= 0.6 is 0 Å². The van der Waals surface area contributed by atoms with E-state index in [2.05, 4.69) is 15.6 Å². The van der Waals surface area contributed by atoms with Gasteiger partial charge in [-0.05, 0) is 31.2 Å². The molecule has 2 N–H and O–H groups in total. The Labute approximate surface area is 99.1 Å². The van der Waals surface area contributed by atoms with Crippen molar-refractivity contribution in [3.05, 3.63) is 36.3 Å². The molecule has 4 heteroatoms. The number of nitrogens with zero attached hydrogens (tertiary/aromatic N) is 1. The monoisotopic (exact) mass is 231 g/mol. The average molecular weight is 231 g/mol. The van der Waals surface area contributed by atoms with Crippen molar-refractivity contribution < 1.29 is 4.39 Å². The van der Waals surface area contributed by atoms with Crippen LogP contribution in [-0.4, -0.2) is 24.1 Å². The van der Waals surface area contributed by atoms with Crippen LogP contribution in [0.4, 0.5) is 10.1 Å². The number of pyridine rings is 1. The zero-order valence-electron chi connectivity index (χ0n) is 9.41. The first-order valence-corrected chi connectivity index (χ1v) is 5.84. The quantitative estimate of drug-likeness (QED) is 0.831. The lowest BCUT2D eigenvalue weighted by Crippen LogP contribution is -2.22.